The van der Waals surface area contributed by atoms with E-state index < -0.39 is 11.7 Å². The number of halogens is 3. The zero-order valence-corrected chi connectivity index (χ0v) is 21.5. The van der Waals surface area contributed by atoms with Crippen molar-refractivity contribution in [2.45, 2.75) is 25.3 Å². The highest BCUT2D eigenvalue weighted by Gasteiger charge is 2.26. The molecule has 0 spiro atoms. The van der Waals surface area contributed by atoms with Crippen LogP contribution in [-0.4, -0.2) is 53.3 Å². The number of anilines is 1. The van der Waals surface area contributed by atoms with Gasteiger partial charge in [-0.05, 0) is 70.6 Å². The molecule has 184 valence electrons. The fourth-order valence-corrected chi connectivity index (χ4v) is 4.82. The van der Waals surface area contributed by atoms with Gasteiger partial charge in [-0.3, -0.25) is 14.3 Å². The van der Waals surface area contributed by atoms with Gasteiger partial charge in [0.25, 0.3) is 11.8 Å². The summed E-state index contributed by atoms with van der Waals surface area (Å²) in [5.41, 5.74) is 2.25. The van der Waals surface area contributed by atoms with Gasteiger partial charge >= 0.3 is 0 Å². The van der Waals surface area contributed by atoms with E-state index in [1.165, 1.54) is 6.07 Å². The van der Waals surface area contributed by atoms with Crippen molar-refractivity contribution in [2.24, 2.45) is 0 Å². The first-order chi connectivity index (χ1) is 16.9. The van der Waals surface area contributed by atoms with E-state index in [1.807, 2.05) is 29.2 Å². The zero-order valence-electron chi connectivity index (χ0n) is 19.1. The van der Waals surface area contributed by atoms with Crippen molar-refractivity contribution in [2.75, 3.05) is 32.1 Å². The topological polar surface area (TPSA) is 76.5 Å². The summed E-state index contributed by atoms with van der Waals surface area (Å²) in [5.74, 6) is -0.774. The van der Waals surface area contributed by atoms with E-state index in [2.05, 4.69) is 26.3 Å². The molecule has 4 rings (SSSR count). The van der Waals surface area contributed by atoms with Crippen LogP contribution in [0.2, 0.25) is 5.02 Å². The highest BCUT2D eigenvalue weighted by Crippen LogP contribution is 2.30. The fourth-order valence-electron chi connectivity index (χ4n) is 4.10. The second-order valence-electron chi connectivity index (χ2n) is 8.35. The van der Waals surface area contributed by atoms with Gasteiger partial charge in [-0.25, -0.2) is 4.39 Å². The molecule has 1 aromatic heterocycles. The Hall–Kier alpha value is -2.75. The van der Waals surface area contributed by atoms with Crippen LogP contribution in [0.5, 0.6) is 0 Å². The van der Waals surface area contributed by atoms with E-state index in [-0.39, 0.29) is 21.0 Å². The maximum absolute atomic E-state index is 13.8. The summed E-state index contributed by atoms with van der Waals surface area (Å²) >= 11 is 9.14. The first-order valence-corrected chi connectivity index (χ1v) is 12.4. The third-order valence-electron chi connectivity index (χ3n) is 6.06. The largest absolute Gasteiger partial charge is 0.383 e. The summed E-state index contributed by atoms with van der Waals surface area (Å²) in [6, 6.07) is 11.8. The van der Waals surface area contributed by atoms with Gasteiger partial charge in [-0.15, -0.1) is 0 Å². The number of likely N-dealkylation sites (tertiary alicyclic amines) is 1. The number of nitrogens with zero attached hydrogens (tertiary/aromatic N) is 3. The number of hydrogen-bond donors (Lipinski definition) is 1. The number of benzene rings is 2. The molecule has 1 saturated heterocycles. The molecule has 0 aliphatic carbocycles. The number of ether oxygens (including phenoxy) is 1. The lowest BCUT2D eigenvalue weighted by Crippen LogP contribution is -2.38. The maximum atomic E-state index is 13.8. The number of methoxy groups -OCH3 is 1. The molecular formula is C25H25BrClFN4O3. The normalized spacial score (nSPS) is 14.2. The Labute approximate surface area is 216 Å². The SMILES string of the molecule is COCCn1ccc(C(=O)N2CCC(c3ccc(NC(=O)c4cc(F)c(Br)cc4Cl)cc3)CC2)n1. The molecule has 2 heterocycles. The molecule has 1 fully saturated rings. The van der Waals surface area contributed by atoms with E-state index in [4.69, 9.17) is 16.3 Å². The molecule has 0 bridgehead atoms. The highest BCUT2D eigenvalue weighted by atomic mass is 79.9. The van der Waals surface area contributed by atoms with Gasteiger partial charge in [0.15, 0.2) is 0 Å². The predicted molar refractivity (Wildman–Crippen MR) is 135 cm³/mol. The Balaban J connectivity index is 1.32. The summed E-state index contributed by atoms with van der Waals surface area (Å²) in [7, 11) is 1.63. The van der Waals surface area contributed by atoms with Crippen LogP contribution in [0.1, 0.15) is 45.2 Å². The van der Waals surface area contributed by atoms with Crippen molar-refractivity contribution < 1.29 is 18.7 Å². The van der Waals surface area contributed by atoms with Gasteiger partial charge < -0.3 is 15.0 Å². The van der Waals surface area contributed by atoms with E-state index in [0.717, 1.165) is 24.5 Å². The standard InChI is InChI=1S/C25H25BrClFN4O3/c1-35-13-12-32-11-8-23(30-32)25(34)31-9-6-17(7-10-31)16-2-4-18(5-3-16)29-24(33)19-14-22(28)20(26)15-21(19)27/h2-5,8,11,14-15,17H,6-7,9-10,12-13H2,1H3,(H,29,33). The third kappa shape index (κ3) is 6.09. The molecule has 1 aliphatic rings. The number of aromatic nitrogens is 2. The van der Waals surface area contributed by atoms with Crippen molar-refractivity contribution in [1.29, 1.82) is 0 Å². The summed E-state index contributed by atoms with van der Waals surface area (Å²) in [6.07, 6.45) is 3.48. The van der Waals surface area contributed by atoms with Gasteiger partial charge in [0, 0.05) is 32.1 Å². The number of carbonyl (C=O) groups is 2. The van der Waals surface area contributed by atoms with Gasteiger partial charge in [-0.1, -0.05) is 23.7 Å². The number of nitrogens with one attached hydrogen (secondary N) is 1. The van der Waals surface area contributed by atoms with Crippen LogP contribution in [0.4, 0.5) is 10.1 Å². The summed E-state index contributed by atoms with van der Waals surface area (Å²) < 4.78 is 20.8. The second-order valence-corrected chi connectivity index (χ2v) is 9.61. The van der Waals surface area contributed by atoms with Crippen molar-refractivity contribution in [3.63, 3.8) is 0 Å². The number of carbonyl (C=O) groups excluding carboxylic acids is 2. The van der Waals surface area contributed by atoms with Crippen LogP contribution in [0.25, 0.3) is 0 Å². The van der Waals surface area contributed by atoms with E-state index in [9.17, 15) is 14.0 Å². The number of hydrogen-bond acceptors (Lipinski definition) is 4. The number of amides is 2. The Morgan fingerprint density at radius 1 is 1.20 bits per heavy atom. The van der Waals surface area contributed by atoms with Gasteiger partial charge in [0.2, 0.25) is 0 Å². The molecule has 35 heavy (non-hydrogen) atoms. The van der Waals surface area contributed by atoms with Crippen molar-refractivity contribution in [3.8, 4) is 0 Å². The first kappa shape index (κ1) is 25.3. The molecular weight excluding hydrogens is 539 g/mol. The first-order valence-electron chi connectivity index (χ1n) is 11.2. The van der Waals surface area contributed by atoms with Gasteiger partial charge in [0.05, 0.1) is 28.2 Å². The van der Waals surface area contributed by atoms with Crippen LogP contribution in [-0.2, 0) is 11.3 Å². The second kappa shape index (κ2) is 11.3. The van der Waals surface area contributed by atoms with Crippen molar-refractivity contribution in [3.05, 3.63) is 80.8 Å². The fraction of sp³-hybridized carbons (Fsp3) is 0.320. The van der Waals surface area contributed by atoms with E-state index in [0.29, 0.717) is 43.5 Å². The summed E-state index contributed by atoms with van der Waals surface area (Å²) in [4.78, 5) is 27.2. The molecule has 0 saturated carbocycles. The maximum Gasteiger partial charge on any atom is 0.274 e. The van der Waals surface area contributed by atoms with Crippen LogP contribution in [0.3, 0.4) is 0 Å². The Morgan fingerprint density at radius 3 is 2.60 bits per heavy atom. The minimum Gasteiger partial charge on any atom is -0.383 e. The lowest BCUT2D eigenvalue weighted by molar-refractivity contribution is 0.0705. The van der Waals surface area contributed by atoms with Crippen molar-refractivity contribution in [1.82, 2.24) is 14.7 Å². The quantitative estimate of drug-likeness (QED) is 0.393. The minimum atomic E-state index is -0.556. The molecule has 0 atom stereocenters. The van der Waals surface area contributed by atoms with Gasteiger partial charge in [-0.2, -0.15) is 5.10 Å². The highest BCUT2D eigenvalue weighted by molar-refractivity contribution is 9.10. The van der Waals surface area contributed by atoms with Crippen LogP contribution in [0, 0.1) is 5.82 Å². The number of rotatable bonds is 7. The van der Waals surface area contributed by atoms with Crippen molar-refractivity contribution >= 4 is 45.0 Å². The summed E-state index contributed by atoms with van der Waals surface area (Å²) in [5, 5.41) is 7.27. The molecule has 7 nitrogen and oxygen atoms in total. The monoisotopic (exact) mass is 562 g/mol. The molecule has 2 amide bonds. The van der Waals surface area contributed by atoms with E-state index in [1.54, 1.807) is 24.1 Å². The molecule has 1 aliphatic heterocycles. The molecule has 3 aromatic rings. The Bertz CT molecular complexity index is 1210. The lowest BCUT2D eigenvalue weighted by Gasteiger charge is -2.32. The van der Waals surface area contributed by atoms with E-state index >= 15 is 0 Å². The lowest BCUT2D eigenvalue weighted by atomic mass is 9.89. The van der Waals surface area contributed by atoms with Crippen LogP contribution < -0.4 is 5.32 Å². The predicted octanol–water partition coefficient (Wildman–Crippen LogP) is 5.36. The van der Waals surface area contributed by atoms with Gasteiger partial charge in [0.1, 0.15) is 11.5 Å². The average molecular weight is 564 g/mol. The van der Waals surface area contributed by atoms with Crippen LogP contribution in [0.15, 0.2) is 53.1 Å². The molecule has 10 heteroatoms. The molecule has 0 unspecified atom stereocenters. The Kier molecular flexibility index (Phi) is 8.20. The molecule has 0 radical (unpaired) electrons. The van der Waals surface area contributed by atoms with Crippen LogP contribution >= 0.6 is 27.5 Å². The Morgan fingerprint density at radius 2 is 1.91 bits per heavy atom. The molecule has 1 N–H and O–H groups in total. The smallest absolute Gasteiger partial charge is 0.274 e. The molecule has 2 aromatic carbocycles. The average Bonchev–Trinajstić information content (AvgIpc) is 3.34. The third-order valence-corrected chi connectivity index (χ3v) is 6.98. The number of piperidine rings is 1. The summed E-state index contributed by atoms with van der Waals surface area (Å²) in [6.45, 7) is 2.45. The minimum absolute atomic E-state index is 0.0549. The zero-order chi connectivity index (χ0) is 24.9.